The largest absolute Gasteiger partial charge is 0.243 e. The minimum absolute atomic E-state index is 0.0697. The van der Waals surface area contributed by atoms with E-state index in [-0.39, 0.29) is 26.3 Å². The van der Waals surface area contributed by atoms with Crippen LogP contribution in [0.25, 0.3) is 0 Å². The number of rotatable bonds is 5. The van der Waals surface area contributed by atoms with E-state index in [1.165, 1.54) is 12.1 Å². The zero-order valence-corrected chi connectivity index (χ0v) is 14.9. The second-order valence-electron chi connectivity index (χ2n) is 3.56. The van der Waals surface area contributed by atoms with E-state index >= 15 is 0 Å². The fourth-order valence-electron chi connectivity index (χ4n) is 1.20. The Morgan fingerprint density at radius 1 is 1.33 bits per heavy atom. The van der Waals surface area contributed by atoms with E-state index in [1.807, 2.05) is 6.92 Å². The molecule has 1 N–H and O–H groups in total. The summed E-state index contributed by atoms with van der Waals surface area (Å²) < 4.78 is 27.3. The highest BCUT2D eigenvalue weighted by Crippen LogP contribution is 2.32. The van der Waals surface area contributed by atoms with Crippen LogP contribution in [0, 0.1) is 0 Å². The summed E-state index contributed by atoms with van der Waals surface area (Å²) in [6.45, 7) is 2.23. The van der Waals surface area contributed by atoms with Gasteiger partial charge in [0.15, 0.2) is 0 Å². The normalized spacial score (nSPS) is 13.6. The first-order valence-electron chi connectivity index (χ1n) is 5.06. The van der Waals surface area contributed by atoms with Gasteiger partial charge < -0.3 is 0 Å². The SMILES string of the molecule is CCC(Br)CNS(=O)(=O)c1c(Cl)cc(Br)cc1Cl. The molecule has 1 rings (SSSR count). The summed E-state index contributed by atoms with van der Waals surface area (Å²) in [6, 6.07) is 2.99. The predicted molar refractivity (Wildman–Crippen MR) is 82.4 cm³/mol. The summed E-state index contributed by atoms with van der Waals surface area (Å²) >= 11 is 18.4. The van der Waals surface area contributed by atoms with Crippen LogP contribution in [-0.4, -0.2) is 19.8 Å². The van der Waals surface area contributed by atoms with Crippen molar-refractivity contribution >= 4 is 65.1 Å². The van der Waals surface area contributed by atoms with Gasteiger partial charge >= 0.3 is 0 Å². The van der Waals surface area contributed by atoms with Gasteiger partial charge in [0.2, 0.25) is 10.0 Å². The lowest BCUT2D eigenvalue weighted by molar-refractivity contribution is 0.580. The van der Waals surface area contributed by atoms with Crippen molar-refractivity contribution in [3.05, 3.63) is 26.7 Å². The van der Waals surface area contributed by atoms with Gasteiger partial charge in [0.05, 0.1) is 10.0 Å². The topological polar surface area (TPSA) is 46.2 Å². The standard InChI is InChI=1S/C10H11Br2Cl2NO2S/c1-2-6(11)5-15-18(16,17)10-8(13)3-7(12)4-9(10)14/h3-4,6,15H,2,5H2,1H3. The second-order valence-corrected chi connectivity index (χ2v) is 8.28. The number of nitrogens with one attached hydrogen (secondary N) is 1. The number of hydrogen-bond donors (Lipinski definition) is 1. The summed E-state index contributed by atoms with van der Waals surface area (Å²) in [4.78, 5) is -0.0230. The highest BCUT2D eigenvalue weighted by molar-refractivity contribution is 9.10. The van der Waals surface area contributed by atoms with E-state index in [9.17, 15) is 8.42 Å². The molecule has 0 saturated heterocycles. The van der Waals surface area contributed by atoms with E-state index in [1.54, 1.807) is 0 Å². The molecule has 18 heavy (non-hydrogen) atoms. The fourth-order valence-corrected chi connectivity index (χ4v) is 4.59. The summed E-state index contributed by atoms with van der Waals surface area (Å²) in [7, 11) is -3.71. The Kier molecular flexibility index (Phi) is 6.41. The van der Waals surface area contributed by atoms with Gasteiger partial charge in [-0.25, -0.2) is 13.1 Å². The lowest BCUT2D eigenvalue weighted by Crippen LogP contribution is -2.29. The molecule has 0 spiro atoms. The zero-order chi connectivity index (χ0) is 13.9. The van der Waals surface area contributed by atoms with E-state index < -0.39 is 10.0 Å². The van der Waals surface area contributed by atoms with Crippen molar-refractivity contribution in [1.29, 1.82) is 0 Å². The third-order valence-corrected chi connectivity index (χ3v) is 5.94. The molecule has 0 aliphatic rings. The summed E-state index contributed by atoms with van der Waals surface area (Å²) in [5, 5.41) is 0.175. The Balaban J connectivity index is 3.06. The molecule has 0 saturated carbocycles. The second kappa shape index (κ2) is 6.90. The molecule has 0 aromatic heterocycles. The van der Waals surface area contributed by atoms with E-state index in [0.717, 1.165) is 6.42 Å². The van der Waals surface area contributed by atoms with Crippen LogP contribution in [0.5, 0.6) is 0 Å². The van der Waals surface area contributed by atoms with Crippen LogP contribution in [0.3, 0.4) is 0 Å². The summed E-state index contributed by atoms with van der Waals surface area (Å²) in [6.07, 6.45) is 0.810. The Labute approximate surface area is 134 Å². The Morgan fingerprint density at radius 3 is 2.28 bits per heavy atom. The van der Waals surface area contributed by atoms with Gasteiger partial charge in [0.25, 0.3) is 0 Å². The first kappa shape index (κ1) is 16.7. The molecule has 1 unspecified atom stereocenters. The Morgan fingerprint density at radius 2 is 1.83 bits per heavy atom. The maximum Gasteiger partial charge on any atom is 0.243 e. The molecule has 0 amide bonds. The number of benzene rings is 1. The molecule has 102 valence electrons. The van der Waals surface area contributed by atoms with Crippen molar-refractivity contribution in [2.45, 2.75) is 23.1 Å². The molecule has 1 atom stereocenters. The fraction of sp³-hybridized carbons (Fsp3) is 0.400. The minimum Gasteiger partial charge on any atom is -0.210 e. The third-order valence-electron chi connectivity index (χ3n) is 2.17. The van der Waals surface area contributed by atoms with Crippen molar-refractivity contribution < 1.29 is 8.42 Å². The van der Waals surface area contributed by atoms with Crippen molar-refractivity contribution in [2.24, 2.45) is 0 Å². The zero-order valence-electron chi connectivity index (χ0n) is 9.38. The maximum absolute atomic E-state index is 12.1. The van der Waals surface area contributed by atoms with Crippen LogP contribution in [0.2, 0.25) is 10.0 Å². The van der Waals surface area contributed by atoms with Crippen LogP contribution in [0.15, 0.2) is 21.5 Å². The highest BCUT2D eigenvalue weighted by atomic mass is 79.9. The number of halogens is 4. The van der Waals surface area contributed by atoms with Crippen LogP contribution in [0.1, 0.15) is 13.3 Å². The van der Waals surface area contributed by atoms with Crippen molar-refractivity contribution in [3.8, 4) is 0 Å². The first-order chi connectivity index (χ1) is 8.27. The van der Waals surface area contributed by atoms with Gasteiger partial charge in [-0.05, 0) is 18.6 Å². The van der Waals surface area contributed by atoms with Gasteiger partial charge in [-0.3, -0.25) is 0 Å². The van der Waals surface area contributed by atoms with E-state index in [0.29, 0.717) is 4.47 Å². The van der Waals surface area contributed by atoms with E-state index in [2.05, 4.69) is 36.6 Å². The first-order valence-corrected chi connectivity index (χ1v) is 9.01. The lowest BCUT2D eigenvalue weighted by Gasteiger charge is -2.12. The van der Waals surface area contributed by atoms with Gasteiger partial charge in [-0.1, -0.05) is 62.0 Å². The molecule has 0 radical (unpaired) electrons. The molecular formula is C10H11Br2Cl2NO2S. The molecule has 0 bridgehead atoms. The molecular weight excluding hydrogens is 429 g/mol. The molecule has 0 aliphatic carbocycles. The number of hydrogen-bond acceptors (Lipinski definition) is 2. The number of alkyl halides is 1. The molecule has 1 aromatic carbocycles. The maximum atomic E-state index is 12.1. The van der Waals surface area contributed by atoms with Crippen LogP contribution < -0.4 is 4.72 Å². The molecule has 0 fully saturated rings. The smallest absolute Gasteiger partial charge is 0.210 e. The minimum atomic E-state index is -3.71. The van der Waals surface area contributed by atoms with Crippen LogP contribution in [-0.2, 0) is 10.0 Å². The molecule has 1 aromatic rings. The molecule has 8 heteroatoms. The van der Waals surface area contributed by atoms with Crippen molar-refractivity contribution in [3.63, 3.8) is 0 Å². The lowest BCUT2D eigenvalue weighted by atomic mass is 10.3. The van der Waals surface area contributed by atoms with Gasteiger partial charge in [0.1, 0.15) is 4.90 Å². The Hall–Kier alpha value is 0.670. The monoisotopic (exact) mass is 437 g/mol. The van der Waals surface area contributed by atoms with Gasteiger partial charge in [-0.15, -0.1) is 0 Å². The highest BCUT2D eigenvalue weighted by Gasteiger charge is 2.22. The molecule has 0 heterocycles. The molecule has 0 aliphatic heterocycles. The molecule has 3 nitrogen and oxygen atoms in total. The van der Waals surface area contributed by atoms with E-state index in [4.69, 9.17) is 23.2 Å². The van der Waals surface area contributed by atoms with Crippen LogP contribution >= 0.6 is 55.1 Å². The van der Waals surface area contributed by atoms with Gasteiger partial charge in [-0.2, -0.15) is 0 Å². The van der Waals surface area contributed by atoms with Crippen molar-refractivity contribution in [1.82, 2.24) is 4.72 Å². The summed E-state index contributed by atoms with van der Waals surface area (Å²) in [5.74, 6) is 0. The Bertz CT molecular complexity index is 514. The third kappa shape index (κ3) is 4.35. The van der Waals surface area contributed by atoms with Crippen molar-refractivity contribution in [2.75, 3.05) is 6.54 Å². The summed E-state index contributed by atoms with van der Waals surface area (Å²) in [5.41, 5.74) is 0. The predicted octanol–water partition coefficient (Wildman–Crippen LogP) is 4.21. The average molecular weight is 440 g/mol. The average Bonchev–Trinajstić information content (AvgIpc) is 2.24. The quantitative estimate of drug-likeness (QED) is 0.698. The van der Waals surface area contributed by atoms with Gasteiger partial charge in [0, 0.05) is 15.8 Å². The van der Waals surface area contributed by atoms with Crippen LogP contribution in [0.4, 0.5) is 0 Å². The number of sulfonamides is 1.